The molecule has 0 fully saturated rings. The highest BCUT2D eigenvalue weighted by Gasteiger charge is 2.34. The van der Waals surface area contributed by atoms with E-state index in [0.717, 1.165) is 39.7 Å². The van der Waals surface area contributed by atoms with Crippen molar-refractivity contribution in [2.24, 2.45) is 0 Å². The van der Waals surface area contributed by atoms with Gasteiger partial charge in [-0.05, 0) is 59.7 Å². The van der Waals surface area contributed by atoms with E-state index in [0.29, 0.717) is 6.07 Å². The molecule has 48 heavy (non-hydrogen) atoms. The molecule has 1 heterocycles. The molecule has 0 saturated heterocycles. The van der Waals surface area contributed by atoms with Crippen LogP contribution in [0.1, 0.15) is 22.5 Å². The van der Waals surface area contributed by atoms with Crippen LogP contribution >= 0.6 is 0 Å². The van der Waals surface area contributed by atoms with Crippen molar-refractivity contribution in [1.82, 2.24) is 0 Å². The Balaban J connectivity index is 1.43. The van der Waals surface area contributed by atoms with Gasteiger partial charge >= 0.3 is 18.0 Å². The molecule has 10 nitrogen and oxygen atoms in total. The highest BCUT2D eigenvalue weighted by Crippen LogP contribution is 2.34. The summed E-state index contributed by atoms with van der Waals surface area (Å²) in [4.78, 5) is 22.8. The highest BCUT2D eigenvalue weighted by molar-refractivity contribution is 7.92. The second-order valence-electron chi connectivity index (χ2n) is 10.4. The van der Waals surface area contributed by atoms with E-state index in [2.05, 4.69) is 0 Å². The van der Waals surface area contributed by atoms with Crippen LogP contribution in [0, 0.1) is 10.1 Å². The summed E-state index contributed by atoms with van der Waals surface area (Å²) in [6, 6.07) is 29.0. The predicted molar refractivity (Wildman–Crippen MR) is 167 cm³/mol. The topological polar surface area (TPSA) is 129 Å². The third kappa shape index (κ3) is 8.39. The number of sulfonamides is 1. The van der Waals surface area contributed by atoms with Gasteiger partial charge in [-0.25, -0.2) is 13.2 Å². The molecule has 0 unspecified atom stereocenters. The van der Waals surface area contributed by atoms with Gasteiger partial charge in [0.25, 0.3) is 10.0 Å². The molecule has 0 aliphatic rings. The minimum Gasteiger partial charge on any atom is -0.478 e. The number of alkyl halides is 3. The molecule has 0 N–H and O–H groups in total. The summed E-state index contributed by atoms with van der Waals surface area (Å²) in [5.74, 6) is -1.25. The summed E-state index contributed by atoms with van der Waals surface area (Å²) in [5.41, 5.74) is 0.369. The van der Waals surface area contributed by atoms with Crippen molar-refractivity contribution in [2.75, 3.05) is 4.31 Å². The maximum absolute atomic E-state index is 13.8. The molecule has 4 aromatic carbocycles. The molecule has 0 spiro atoms. The fourth-order valence-corrected chi connectivity index (χ4v) is 6.12. The normalized spacial score (nSPS) is 12.2. The Morgan fingerprint density at radius 1 is 0.854 bits per heavy atom. The molecule has 1 aromatic heterocycles. The number of rotatable bonds is 13. The standard InChI is InChI=1S/C34H27F3N2O8S/c35-34(36,37)26-12-7-13-30(21-26)48(43,44)38(22-29-18-19-32(47-29)39(41)42)27-14-16-28(17-15-27)46-31(20-24-8-3-1-4-9-24)33(40)45-23-25-10-5-2-6-11-25/h1-19,21,31H,20,22-23H2/t31-/m0/s1. The lowest BCUT2D eigenvalue weighted by Crippen LogP contribution is -2.32. The third-order valence-corrected chi connectivity index (χ3v) is 8.80. The van der Waals surface area contributed by atoms with Gasteiger partial charge in [0.2, 0.25) is 0 Å². The Morgan fingerprint density at radius 2 is 1.50 bits per heavy atom. The van der Waals surface area contributed by atoms with E-state index < -0.39 is 56.1 Å². The number of carbonyl (C=O) groups is 1. The van der Waals surface area contributed by atoms with Gasteiger partial charge in [0, 0.05) is 6.42 Å². The Hall–Kier alpha value is -5.63. The first-order valence-corrected chi connectivity index (χ1v) is 15.8. The van der Waals surface area contributed by atoms with Crippen molar-refractivity contribution < 1.29 is 45.2 Å². The summed E-state index contributed by atoms with van der Waals surface area (Å²) in [5, 5.41) is 11.1. The number of ether oxygens (including phenoxy) is 2. The summed E-state index contributed by atoms with van der Waals surface area (Å²) in [6.07, 6.45) is -5.74. The molecule has 0 bridgehead atoms. The van der Waals surface area contributed by atoms with Crippen molar-refractivity contribution in [3.05, 3.63) is 154 Å². The third-order valence-electron chi connectivity index (χ3n) is 7.03. The molecule has 5 aromatic rings. The van der Waals surface area contributed by atoms with Gasteiger partial charge in [-0.15, -0.1) is 0 Å². The van der Waals surface area contributed by atoms with Crippen LogP contribution in [-0.2, 0) is 45.3 Å². The van der Waals surface area contributed by atoms with E-state index >= 15 is 0 Å². The average molecular weight is 681 g/mol. The fraction of sp³-hybridized carbons (Fsp3) is 0.147. The zero-order chi connectivity index (χ0) is 34.3. The Labute approximate surface area is 273 Å². The maximum Gasteiger partial charge on any atom is 0.433 e. The van der Waals surface area contributed by atoms with Crippen LogP contribution in [0.2, 0.25) is 0 Å². The van der Waals surface area contributed by atoms with Gasteiger partial charge in [0.05, 0.1) is 28.8 Å². The number of benzene rings is 4. The van der Waals surface area contributed by atoms with E-state index in [9.17, 15) is 36.5 Å². The predicted octanol–water partition coefficient (Wildman–Crippen LogP) is 7.34. The van der Waals surface area contributed by atoms with E-state index in [1.165, 1.54) is 30.3 Å². The number of esters is 1. The summed E-state index contributed by atoms with van der Waals surface area (Å²) >= 11 is 0. The van der Waals surface area contributed by atoms with Crippen LogP contribution in [0.15, 0.2) is 131 Å². The van der Waals surface area contributed by atoms with Gasteiger partial charge < -0.3 is 13.9 Å². The van der Waals surface area contributed by atoms with Crippen molar-refractivity contribution in [3.8, 4) is 5.75 Å². The number of halogens is 3. The minimum atomic E-state index is -4.81. The average Bonchev–Trinajstić information content (AvgIpc) is 3.56. The van der Waals surface area contributed by atoms with E-state index in [-0.39, 0.29) is 30.2 Å². The first-order chi connectivity index (χ1) is 22.9. The van der Waals surface area contributed by atoms with Crippen molar-refractivity contribution in [1.29, 1.82) is 0 Å². The van der Waals surface area contributed by atoms with E-state index in [4.69, 9.17) is 13.9 Å². The number of nitrogens with zero attached hydrogens (tertiary/aromatic N) is 2. The minimum absolute atomic E-state index is 0.0144. The largest absolute Gasteiger partial charge is 0.478 e. The number of anilines is 1. The van der Waals surface area contributed by atoms with Crippen LogP contribution in [0.25, 0.3) is 0 Å². The summed E-state index contributed by atoms with van der Waals surface area (Å²) in [6.45, 7) is -0.574. The van der Waals surface area contributed by atoms with Gasteiger partial charge in [-0.3, -0.25) is 14.4 Å². The Morgan fingerprint density at radius 3 is 2.10 bits per heavy atom. The first-order valence-electron chi connectivity index (χ1n) is 14.3. The lowest BCUT2D eigenvalue weighted by atomic mass is 10.1. The van der Waals surface area contributed by atoms with Gasteiger partial charge in [0.1, 0.15) is 23.0 Å². The van der Waals surface area contributed by atoms with E-state index in [1.54, 1.807) is 12.1 Å². The summed E-state index contributed by atoms with van der Waals surface area (Å²) in [7, 11) is -4.68. The quantitative estimate of drug-likeness (QED) is 0.0718. The van der Waals surface area contributed by atoms with Crippen molar-refractivity contribution in [3.63, 3.8) is 0 Å². The molecular formula is C34H27F3N2O8S. The van der Waals surface area contributed by atoms with Crippen LogP contribution in [0.4, 0.5) is 24.7 Å². The number of carbonyl (C=O) groups excluding carboxylic acids is 1. The molecule has 0 aliphatic heterocycles. The molecule has 5 rings (SSSR count). The SMILES string of the molecule is O=C(OCc1ccccc1)[C@H](Cc1ccccc1)Oc1ccc(N(Cc2ccc([N+](=O)[O-])o2)S(=O)(=O)c2cccc(C(F)(F)F)c2)cc1. The van der Waals surface area contributed by atoms with Crippen LogP contribution < -0.4 is 9.04 Å². The summed E-state index contributed by atoms with van der Waals surface area (Å²) < 4.78 is 85.4. The van der Waals surface area contributed by atoms with Crippen LogP contribution in [0.5, 0.6) is 5.75 Å². The lowest BCUT2D eigenvalue weighted by molar-refractivity contribution is -0.402. The molecule has 0 amide bonds. The fourth-order valence-electron chi connectivity index (χ4n) is 4.64. The lowest BCUT2D eigenvalue weighted by Gasteiger charge is -2.24. The van der Waals surface area contributed by atoms with Crippen molar-refractivity contribution in [2.45, 2.75) is 36.7 Å². The van der Waals surface area contributed by atoms with Crippen LogP contribution in [-0.4, -0.2) is 25.4 Å². The number of nitro groups is 1. The highest BCUT2D eigenvalue weighted by atomic mass is 32.2. The van der Waals surface area contributed by atoms with Gasteiger partial charge in [-0.1, -0.05) is 66.7 Å². The molecule has 0 aliphatic carbocycles. The Kier molecular flexibility index (Phi) is 10.1. The molecule has 248 valence electrons. The molecule has 1 atom stereocenters. The zero-order valence-corrected chi connectivity index (χ0v) is 25.8. The van der Waals surface area contributed by atoms with Gasteiger partial charge in [-0.2, -0.15) is 13.2 Å². The molecular weight excluding hydrogens is 653 g/mol. The van der Waals surface area contributed by atoms with E-state index in [1.807, 2.05) is 48.5 Å². The second kappa shape index (κ2) is 14.4. The smallest absolute Gasteiger partial charge is 0.433 e. The maximum atomic E-state index is 13.8. The molecule has 14 heteroatoms. The zero-order valence-electron chi connectivity index (χ0n) is 24.9. The molecule has 0 saturated carbocycles. The van der Waals surface area contributed by atoms with Crippen molar-refractivity contribution >= 4 is 27.6 Å². The first kappa shape index (κ1) is 33.7. The monoisotopic (exact) mass is 680 g/mol. The second-order valence-corrected chi connectivity index (χ2v) is 12.3. The molecule has 0 radical (unpaired) electrons. The number of hydrogen-bond acceptors (Lipinski definition) is 8. The van der Waals surface area contributed by atoms with Gasteiger partial charge in [0.15, 0.2) is 6.10 Å². The van der Waals surface area contributed by atoms with Crippen LogP contribution in [0.3, 0.4) is 0 Å². The number of furan rings is 1. The Bertz CT molecular complexity index is 1970. The number of hydrogen-bond donors (Lipinski definition) is 0.